The van der Waals surface area contributed by atoms with Gasteiger partial charge in [0.25, 0.3) is 5.91 Å². The predicted molar refractivity (Wildman–Crippen MR) is 94.5 cm³/mol. The van der Waals surface area contributed by atoms with Gasteiger partial charge in [-0.3, -0.25) is 9.59 Å². The molecule has 10 heteroatoms. The van der Waals surface area contributed by atoms with Gasteiger partial charge < -0.3 is 15.4 Å². The average molecular weight is 397 g/mol. The number of halogens is 2. The summed E-state index contributed by atoms with van der Waals surface area (Å²) >= 11 is 0.893. The van der Waals surface area contributed by atoms with Crippen molar-refractivity contribution in [2.45, 2.75) is 19.9 Å². The first-order valence-corrected chi connectivity index (χ1v) is 8.66. The van der Waals surface area contributed by atoms with Crippen molar-refractivity contribution in [1.82, 2.24) is 10.3 Å². The van der Waals surface area contributed by atoms with Crippen LogP contribution in [0.5, 0.6) is 0 Å². The van der Waals surface area contributed by atoms with E-state index < -0.39 is 41.0 Å². The minimum absolute atomic E-state index is 0.123. The minimum atomic E-state index is -1.08. The van der Waals surface area contributed by atoms with Crippen LogP contribution in [0.2, 0.25) is 0 Å². The number of aromatic nitrogens is 1. The number of hydrogen-bond acceptors (Lipinski definition) is 6. The van der Waals surface area contributed by atoms with E-state index in [0.717, 1.165) is 29.5 Å². The smallest absolute Gasteiger partial charge is 0.349 e. The van der Waals surface area contributed by atoms with Gasteiger partial charge in [0.2, 0.25) is 5.91 Å². The second kappa shape index (κ2) is 8.67. The average Bonchev–Trinajstić information content (AvgIpc) is 3.06. The summed E-state index contributed by atoms with van der Waals surface area (Å²) in [5, 5.41) is 4.92. The molecule has 2 aromatic rings. The first-order chi connectivity index (χ1) is 12.7. The Morgan fingerprint density at radius 1 is 1.19 bits per heavy atom. The lowest BCUT2D eigenvalue weighted by Crippen LogP contribution is -2.47. The summed E-state index contributed by atoms with van der Waals surface area (Å²) < 4.78 is 32.1. The van der Waals surface area contributed by atoms with Gasteiger partial charge in [0.1, 0.15) is 28.1 Å². The molecule has 144 valence electrons. The fraction of sp³-hybridized carbons (Fsp3) is 0.294. The third kappa shape index (κ3) is 4.85. The maximum Gasteiger partial charge on any atom is 0.349 e. The predicted octanol–water partition coefficient (Wildman–Crippen LogP) is 2.60. The molecule has 0 unspecified atom stereocenters. The van der Waals surface area contributed by atoms with Crippen molar-refractivity contribution in [2.75, 3.05) is 12.4 Å². The molecule has 2 rings (SSSR count). The molecule has 0 saturated heterocycles. The van der Waals surface area contributed by atoms with Crippen molar-refractivity contribution >= 4 is 34.3 Å². The molecule has 0 aliphatic rings. The SMILES string of the molecule is COC(=O)c1cnc(NC(=O)[C@@H](NC(=O)c2c(F)cccc2F)C(C)C)s1. The van der Waals surface area contributed by atoms with E-state index in [2.05, 4.69) is 20.4 Å². The number of ether oxygens (including phenoxy) is 1. The maximum absolute atomic E-state index is 13.8. The van der Waals surface area contributed by atoms with Crippen molar-refractivity contribution in [2.24, 2.45) is 5.92 Å². The normalized spacial score (nSPS) is 11.8. The summed E-state index contributed by atoms with van der Waals surface area (Å²) in [7, 11) is 1.21. The molecule has 27 heavy (non-hydrogen) atoms. The monoisotopic (exact) mass is 397 g/mol. The van der Waals surface area contributed by atoms with E-state index in [9.17, 15) is 23.2 Å². The van der Waals surface area contributed by atoms with E-state index in [0.29, 0.717) is 0 Å². The zero-order chi connectivity index (χ0) is 20.1. The number of amides is 2. The molecule has 0 aliphatic heterocycles. The van der Waals surface area contributed by atoms with Crippen LogP contribution in [0.3, 0.4) is 0 Å². The Balaban J connectivity index is 2.14. The Morgan fingerprint density at radius 2 is 1.81 bits per heavy atom. The largest absolute Gasteiger partial charge is 0.465 e. The zero-order valence-corrected chi connectivity index (χ0v) is 15.5. The van der Waals surface area contributed by atoms with Crippen LogP contribution >= 0.6 is 11.3 Å². The van der Waals surface area contributed by atoms with E-state index in [1.165, 1.54) is 13.3 Å². The van der Waals surface area contributed by atoms with Gasteiger partial charge >= 0.3 is 5.97 Å². The van der Waals surface area contributed by atoms with Crippen LogP contribution in [-0.2, 0) is 9.53 Å². The number of methoxy groups -OCH3 is 1. The number of rotatable bonds is 6. The highest BCUT2D eigenvalue weighted by Gasteiger charge is 2.28. The quantitative estimate of drug-likeness (QED) is 0.731. The highest BCUT2D eigenvalue weighted by Crippen LogP contribution is 2.20. The van der Waals surface area contributed by atoms with E-state index in [1.807, 2.05) is 0 Å². The molecule has 1 heterocycles. The summed E-state index contributed by atoms with van der Waals surface area (Å²) in [4.78, 5) is 40.2. The molecule has 1 aromatic heterocycles. The molecular weight excluding hydrogens is 380 g/mol. The first-order valence-electron chi connectivity index (χ1n) is 7.84. The molecule has 0 spiro atoms. The standard InChI is InChI=1S/C17H17F2N3O4S/c1-8(2)13(21-14(23)12-9(18)5-4-6-10(12)19)15(24)22-17-20-7-11(27-17)16(25)26-3/h4-8,13H,1-3H3,(H,21,23)(H,20,22,24)/t13-/m0/s1. The summed E-state index contributed by atoms with van der Waals surface area (Å²) in [5.41, 5.74) is -0.766. The van der Waals surface area contributed by atoms with Crippen LogP contribution in [0.25, 0.3) is 0 Å². The summed E-state index contributed by atoms with van der Waals surface area (Å²) in [6.07, 6.45) is 1.24. The second-order valence-electron chi connectivity index (χ2n) is 5.80. The number of thiazole rings is 1. The number of carbonyl (C=O) groups excluding carboxylic acids is 3. The first kappa shape index (κ1) is 20.4. The van der Waals surface area contributed by atoms with Gasteiger partial charge in [-0.25, -0.2) is 18.6 Å². The van der Waals surface area contributed by atoms with Crippen LogP contribution < -0.4 is 10.6 Å². The fourth-order valence-corrected chi connectivity index (χ4v) is 2.91. The van der Waals surface area contributed by atoms with Gasteiger partial charge in [-0.05, 0) is 18.1 Å². The van der Waals surface area contributed by atoms with Crippen molar-refractivity contribution in [3.05, 3.63) is 46.5 Å². The Kier molecular flexibility index (Phi) is 6.56. The Bertz CT molecular complexity index is 849. The molecule has 0 saturated carbocycles. The molecule has 2 N–H and O–H groups in total. The van der Waals surface area contributed by atoms with E-state index in [-0.39, 0.29) is 15.9 Å². The van der Waals surface area contributed by atoms with Gasteiger partial charge in [0.05, 0.1) is 13.3 Å². The van der Waals surface area contributed by atoms with Gasteiger partial charge in [0.15, 0.2) is 5.13 Å². The molecule has 0 fully saturated rings. The molecule has 7 nitrogen and oxygen atoms in total. The van der Waals surface area contributed by atoms with E-state index in [1.54, 1.807) is 13.8 Å². The van der Waals surface area contributed by atoms with Gasteiger partial charge in [-0.15, -0.1) is 0 Å². The van der Waals surface area contributed by atoms with Crippen molar-refractivity contribution in [1.29, 1.82) is 0 Å². The zero-order valence-electron chi connectivity index (χ0n) is 14.7. The van der Waals surface area contributed by atoms with Crippen molar-refractivity contribution in [3.63, 3.8) is 0 Å². The topological polar surface area (TPSA) is 97.4 Å². The van der Waals surface area contributed by atoms with Crippen molar-refractivity contribution in [3.8, 4) is 0 Å². The highest BCUT2D eigenvalue weighted by atomic mass is 32.1. The maximum atomic E-state index is 13.8. The van der Waals surface area contributed by atoms with E-state index in [4.69, 9.17) is 0 Å². The number of anilines is 1. The third-order valence-electron chi connectivity index (χ3n) is 3.55. The van der Waals surface area contributed by atoms with Crippen LogP contribution in [0, 0.1) is 17.6 Å². The van der Waals surface area contributed by atoms with Gasteiger partial charge in [-0.2, -0.15) is 0 Å². The number of carbonyl (C=O) groups is 3. The Morgan fingerprint density at radius 3 is 2.37 bits per heavy atom. The lowest BCUT2D eigenvalue weighted by atomic mass is 10.0. The summed E-state index contributed by atoms with van der Waals surface area (Å²) in [6.45, 7) is 3.31. The van der Waals surface area contributed by atoms with Gasteiger partial charge in [-0.1, -0.05) is 31.3 Å². The minimum Gasteiger partial charge on any atom is -0.465 e. The lowest BCUT2D eigenvalue weighted by Gasteiger charge is -2.21. The lowest BCUT2D eigenvalue weighted by molar-refractivity contribution is -0.118. The molecular formula is C17H17F2N3O4S. The number of hydrogen-bond donors (Lipinski definition) is 2. The molecule has 0 radical (unpaired) electrons. The molecule has 1 aromatic carbocycles. The summed E-state index contributed by atoms with van der Waals surface area (Å²) in [6, 6.07) is 1.95. The molecule has 0 bridgehead atoms. The van der Waals surface area contributed by atoms with Crippen LogP contribution in [-0.4, -0.2) is 35.9 Å². The molecule has 0 aliphatic carbocycles. The van der Waals surface area contributed by atoms with Crippen LogP contribution in [0.4, 0.5) is 13.9 Å². The Labute approximate surface area is 157 Å². The second-order valence-corrected chi connectivity index (χ2v) is 6.83. The third-order valence-corrected chi connectivity index (χ3v) is 4.44. The van der Waals surface area contributed by atoms with E-state index >= 15 is 0 Å². The molecule has 2 amide bonds. The number of nitrogens with one attached hydrogen (secondary N) is 2. The van der Waals surface area contributed by atoms with Crippen LogP contribution in [0.1, 0.15) is 33.9 Å². The fourth-order valence-electron chi connectivity index (χ4n) is 2.17. The molecule has 1 atom stereocenters. The van der Waals surface area contributed by atoms with Crippen molar-refractivity contribution < 1.29 is 27.9 Å². The number of nitrogens with zero attached hydrogens (tertiary/aromatic N) is 1. The summed E-state index contributed by atoms with van der Waals surface area (Å²) in [5.74, 6) is -4.73. The Hall–Kier alpha value is -2.88. The van der Waals surface area contributed by atoms with Gasteiger partial charge in [0, 0.05) is 0 Å². The number of esters is 1. The van der Waals surface area contributed by atoms with Crippen LogP contribution in [0.15, 0.2) is 24.4 Å². The number of benzene rings is 1. The highest BCUT2D eigenvalue weighted by molar-refractivity contribution is 7.17.